The van der Waals surface area contributed by atoms with Gasteiger partial charge in [-0.15, -0.1) is 0 Å². The molecule has 16 heavy (non-hydrogen) atoms. The Morgan fingerprint density at radius 1 is 1.38 bits per heavy atom. The third kappa shape index (κ3) is 3.54. The molecule has 2 rings (SSSR count). The Bertz CT molecular complexity index is 386. The van der Waals surface area contributed by atoms with Crippen LogP contribution in [-0.2, 0) is 0 Å². The van der Waals surface area contributed by atoms with Crippen LogP contribution in [0.1, 0.15) is 18.4 Å². The van der Waals surface area contributed by atoms with E-state index >= 15 is 0 Å². The standard InChI is InChI=1S/C13H16ClNO/c14-12-6-11(2-1-5-15)7-13(8-12)16-9-10-3-4-10/h1-2,6-8,10H,3-5,9,15H2/b2-1+. The zero-order valence-corrected chi connectivity index (χ0v) is 9.91. The lowest BCUT2D eigenvalue weighted by molar-refractivity contribution is 0.300. The normalized spacial score (nSPS) is 15.6. The number of benzene rings is 1. The summed E-state index contributed by atoms with van der Waals surface area (Å²) in [6.45, 7) is 1.34. The van der Waals surface area contributed by atoms with Gasteiger partial charge in [-0.25, -0.2) is 0 Å². The molecule has 1 aliphatic rings. The number of ether oxygens (including phenoxy) is 1. The number of hydrogen-bond acceptors (Lipinski definition) is 2. The monoisotopic (exact) mass is 237 g/mol. The van der Waals surface area contributed by atoms with Crippen molar-refractivity contribution in [2.24, 2.45) is 11.7 Å². The van der Waals surface area contributed by atoms with Gasteiger partial charge in [-0.3, -0.25) is 0 Å². The first-order valence-corrected chi connectivity index (χ1v) is 5.96. The predicted molar refractivity (Wildman–Crippen MR) is 67.8 cm³/mol. The largest absolute Gasteiger partial charge is 0.493 e. The number of nitrogens with two attached hydrogens (primary N) is 1. The zero-order valence-electron chi connectivity index (χ0n) is 9.16. The van der Waals surface area contributed by atoms with E-state index in [4.69, 9.17) is 22.1 Å². The maximum atomic E-state index is 6.01. The second-order valence-corrected chi connectivity index (χ2v) is 4.55. The van der Waals surface area contributed by atoms with E-state index in [-0.39, 0.29) is 0 Å². The molecule has 1 saturated carbocycles. The predicted octanol–water partition coefficient (Wildman–Crippen LogP) is 3.10. The van der Waals surface area contributed by atoms with Gasteiger partial charge in [0.05, 0.1) is 6.61 Å². The van der Waals surface area contributed by atoms with Crippen LogP contribution in [0.2, 0.25) is 5.02 Å². The summed E-state index contributed by atoms with van der Waals surface area (Å²) in [6, 6.07) is 5.74. The van der Waals surface area contributed by atoms with Crippen LogP contribution in [0.15, 0.2) is 24.3 Å². The van der Waals surface area contributed by atoms with Gasteiger partial charge in [0.1, 0.15) is 5.75 Å². The molecule has 0 aliphatic heterocycles. The van der Waals surface area contributed by atoms with Crippen LogP contribution < -0.4 is 10.5 Å². The summed E-state index contributed by atoms with van der Waals surface area (Å²) in [6.07, 6.45) is 6.44. The van der Waals surface area contributed by atoms with Gasteiger partial charge in [0.2, 0.25) is 0 Å². The average molecular weight is 238 g/mol. The smallest absolute Gasteiger partial charge is 0.121 e. The quantitative estimate of drug-likeness (QED) is 0.854. The lowest BCUT2D eigenvalue weighted by Gasteiger charge is -2.06. The summed E-state index contributed by atoms with van der Waals surface area (Å²) in [5.41, 5.74) is 6.44. The molecular weight excluding hydrogens is 222 g/mol. The summed E-state index contributed by atoms with van der Waals surface area (Å²) in [5.74, 6) is 1.60. The lowest BCUT2D eigenvalue weighted by Crippen LogP contribution is -1.99. The molecule has 2 N–H and O–H groups in total. The van der Waals surface area contributed by atoms with Crippen LogP contribution in [-0.4, -0.2) is 13.2 Å². The molecule has 0 saturated heterocycles. The lowest BCUT2D eigenvalue weighted by atomic mass is 10.2. The minimum absolute atomic E-state index is 0.533. The van der Waals surface area contributed by atoms with Crippen LogP contribution in [0.25, 0.3) is 6.08 Å². The van der Waals surface area contributed by atoms with E-state index in [1.165, 1.54) is 12.8 Å². The van der Waals surface area contributed by atoms with E-state index in [9.17, 15) is 0 Å². The molecule has 86 valence electrons. The van der Waals surface area contributed by atoms with Crippen molar-refractivity contribution in [3.63, 3.8) is 0 Å². The van der Waals surface area contributed by atoms with E-state index in [1.807, 2.05) is 30.4 Å². The summed E-state index contributed by atoms with van der Waals surface area (Å²) >= 11 is 6.01. The van der Waals surface area contributed by atoms with E-state index < -0.39 is 0 Å². The fourth-order valence-corrected chi connectivity index (χ4v) is 1.70. The Balaban J connectivity index is 2.04. The first-order valence-electron chi connectivity index (χ1n) is 5.58. The molecule has 0 aromatic heterocycles. The van der Waals surface area contributed by atoms with Crippen LogP contribution in [0, 0.1) is 5.92 Å². The van der Waals surface area contributed by atoms with Gasteiger partial charge < -0.3 is 10.5 Å². The van der Waals surface area contributed by atoms with Gasteiger partial charge in [0.25, 0.3) is 0 Å². The SMILES string of the molecule is NC/C=C/c1cc(Cl)cc(OCC2CC2)c1. The minimum Gasteiger partial charge on any atom is -0.493 e. The Morgan fingerprint density at radius 2 is 2.19 bits per heavy atom. The highest BCUT2D eigenvalue weighted by Gasteiger charge is 2.21. The Hall–Kier alpha value is -0.990. The highest BCUT2D eigenvalue weighted by atomic mass is 35.5. The number of hydrogen-bond donors (Lipinski definition) is 1. The van der Waals surface area contributed by atoms with Crippen molar-refractivity contribution in [1.82, 2.24) is 0 Å². The van der Waals surface area contributed by atoms with E-state index in [1.54, 1.807) is 0 Å². The fraction of sp³-hybridized carbons (Fsp3) is 0.385. The third-order valence-electron chi connectivity index (χ3n) is 2.52. The van der Waals surface area contributed by atoms with Gasteiger partial charge in [0, 0.05) is 11.6 Å². The maximum absolute atomic E-state index is 6.01. The molecule has 1 aromatic carbocycles. The van der Waals surface area contributed by atoms with Crippen molar-refractivity contribution in [1.29, 1.82) is 0 Å². The van der Waals surface area contributed by atoms with Crippen molar-refractivity contribution in [2.75, 3.05) is 13.2 Å². The van der Waals surface area contributed by atoms with Crippen molar-refractivity contribution >= 4 is 17.7 Å². The highest BCUT2D eigenvalue weighted by Crippen LogP contribution is 2.30. The molecule has 0 atom stereocenters. The molecule has 1 aliphatic carbocycles. The minimum atomic E-state index is 0.533. The molecule has 0 bridgehead atoms. The Morgan fingerprint density at radius 3 is 2.88 bits per heavy atom. The van der Waals surface area contributed by atoms with E-state index in [0.717, 1.165) is 23.8 Å². The van der Waals surface area contributed by atoms with Gasteiger partial charge in [0.15, 0.2) is 0 Å². The van der Waals surface area contributed by atoms with Crippen LogP contribution >= 0.6 is 11.6 Å². The second kappa shape index (κ2) is 5.37. The van der Waals surface area contributed by atoms with Gasteiger partial charge in [-0.05, 0) is 42.5 Å². The first kappa shape index (κ1) is 11.5. The molecule has 2 nitrogen and oxygen atoms in total. The summed E-state index contributed by atoms with van der Waals surface area (Å²) in [5, 5.41) is 0.699. The van der Waals surface area contributed by atoms with Crippen molar-refractivity contribution in [3.05, 3.63) is 34.9 Å². The van der Waals surface area contributed by atoms with Crippen molar-refractivity contribution < 1.29 is 4.74 Å². The average Bonchev–Trinajstić information content (AvgIpc) is 3.07. The summed E-state index contributed by atoms with van der Waals surface area (Å²) < 4.78 is 5.68. The molecule has 3 heteroatoms. The summed E-state index contributed by atoms with van der Waals surface area (Å²) in [4.78, 5) is 0. The third-order valence-corrected chi connectivity index (χ3v) is 2.74. The van der Waals surface area contributed by atoms with Gasteiger partial charge >= 0.3 is 0 Å². The number of rotatable bonds is 5. The molecular formula is C13H16ClNO. The molecule has 0 amide bonds. The topological polar surface area (TPSA) is 35.2 Å². The van der Waals surface area contributed by atoms with E-state index in [0.29, 0.717) is 11.6 Å². The van der Waals surface area contributed by atoms with Gasteiger partial charge in [-0.2, -0.15) is 0 Å². The van der Waals surface area contributed by atoms with Crippen molar-refractivity contribution in [3.8, 4) is 5.75 Å². The number of halogens is 1. The molecule has 1 aromatic rings. The molecule has 0 spiro atoms. The zero-order chi connectivity index (χ0) is 11.4. The molecule has 1 fully saturated rings. The summed E-state index contributed by atoms with van der Waals surface area (Å²) in [7, 11) is 0. The maximum Gasteiger partial charge on any atom is 0.121 e. The Labute approximate surface area is 101 Å². The van der Waals surface area contributed by atoms with E-state index in [2.05, 4.69) is 0 Å². The molecule has 0 heterocycles. The highest BCUT2D eigenvalue weighted by molar-refractivity contribution is 6.30. The van der Waals surface area contributed by atoms with Crippen LogP contribution in [0.5, 0.6) is 5.75 Å². The first-order chi connectivity index (χ1) is 7.78. The van der Waals surface area contributed by atoms with Crippen LogP contribution in [0.4, 0.5) is 0 Å². The molecule has 0 unspecified atom stereocenters. The fourth-order valence-electron chi connectivity index (χ4n) is 1.47. The van der Waals surface area contributed by atoms with Crippen molar-refractivity contribution in [2.45, 2.75) is 12.8 Å². The van der Waals surface area contributed by atoms with Gasteiger partial charge in [-0.1, -0.05) is 23.8 Å². The molecule has 0 radical (unpaired) electrons. The second-order valence-electron chi connectivity index (χ2n) is 4.11. The Kier molecular flexibility index (Phi) is 3.86. The van der Waals surface area contributed by atoms with Crippen LogP contribution in [0.3, 0.4) is 0 Å².